The van der Waals surface area contributed by atoms with Crippen molar-refractivity contribution < 1.29 is 4.79 Å². The molecule has 0 saturated carbocycles. The second kappa shape index (κ2) is 7.66. The van der Waals surface area contributed by atoms with Crippen LogP contribution in [0.2, 0.25) is 5.02 Å². The molecule has 0 fully saturated rings. The molecule has 0 bridgehead atoms. The summed E-state index contributed by atoms with van der Waals surface area (Å²) in [5.41, 5.74) is 3.09. The molecule has 1 aromatic heterocycles. The van der Waals surface area contributed by atoms with Crippen molar-refractivity contribution in [2.45, 2.75) is 13.8 Å². The van der Waals surface area contributed by atoms with Crippen LogP contribution in [0.15, 0.2) is 82.2 Å². The Morgan fingerprint density at radius 1 is 0.969 bits per heavy atom. The smallest absolute Gasteiger partial charge is 0.280 e. The first-order valence-electron chi connectivity index (χ1n) is 10.1. The van der Waals surface area contributed by atoms with E-state index in [0.717, 1.165) is 16.5 Å². The number of hydrogen-bond acceptors (Lipinski definition) is 3. The fourth-order valence-corrected chi connectivity index (χ4v) is 4.10. The number of aromatic nitrogens is 2. The fourth-order valence-electron chi connectivity index (χ4n) is 3.91. The summed E-state index contributed by atoms with van der Waals surface area (Å²) in [4.78, 5) is 26.4. The summed E-state index contributed by atoms with van der Waals surface area (Å²) in [5, 5.41) is 11.3. The summed E-state index contributed by atoms with van der Waals surface area (Å²) in [6, 6.07) is 20.6. The normalized spacial score (nSPS) is 15.1. The number of aromatic amines is 1. The number of hydrazone groups is 1. The molecule has 0 aliphatic carbocycles. The summed E-state index contributed by atoms with van der Waals surface area (Å²) < 4.78 is 1.52. The first-order chi connectivity index (χ1) is 15.4. The van der Waals surface area contributed by atoms with Gasteiger partial charge in [0, 0.05) is 16.1 Å². The topological polar surface area (TPSA) is 70.5 Å². The van der Waals surface area contributed by atoms with E-state index in [-0.39, 0.29) is 11.5 Å². The summed E-state index contributed by atoms with van der Waals surface area (Å²) in [6.07, 6.45) is 1.61. The molecule has 5 rings (SSSR count). The molecule has 0 unspecified atom stereocenters. The van der Waals surface area contributed by atoms with Crippen molar-refractivity contribution in [3.8, 4) is 5.69 Å². The average Bonchev–Trinajstić information content (AvgIpc) is 3.23. The molecule has 3 aromatic carbocycles. The Morgan fingerprint density at radius 3 is 2.53 bits per heavy atom. The molecule has 2 heterocycles. The van der Waals surface area contributed by atoms with Crippen LogP contribution < -0.4 is 10.6 Å². The van der Waals surface area contributed by atoms with Gasteiger partial charge < -0.3 is 0 Å². The number of hydrogen-bond donors (Lipinski definition) is 1. The van der Waals surface area contributed by atoms with E-state index in [1.54, 1.807) is 37.3 Å². The molecule has 1 amide bonds. The predicted molar refractivity (Wildman–Crippen MR) is 129 cm³/mol. The molecule has 1 aliphatic rings. The van der Waals surface area contributed by atoms with Gasteiger partial charge in [-0.15, -0.1) is 0 Å². The monoisotopic (exact) mass is 442 g/mol. The van der Waals surface area contributed by atoms with Crippen molar-refractivity contribution in [1.82, 2.24) is 9.78 Å². The SMILES string of the molecule is CC1=NN(c2cccc(Cl)c2)C(=O)/C1=C\c1c(C)[nH]n(-c2cccc3ccccc23)c1=O. The lowest BCUT2D eigenvalue weighted by Gasteiger charge is -2.11. The summed E-state index contributed by atoms with van der Waals surface area (Å²) in [7, 11) is 0. The zero-order valence-electron chi connectivity index (χ0n) is 17.5. The van der Waals surface area contributed by atoms with Crippen molar-refractivity contribution in [2.24, 2.45) is 5.10 Å². The standard InChI is InChI=1S/C25H19ClN4O2/c1-15-21(24(31)29(27-15)19-10-6-9-18(26)13-19)14-22-16(2)28-30(25(22)32)23-12-5-8-17-7-3-4-11-20(17)23/h3-14,28H,1-2H3/b21-14-. The van der Waals surface area contributed by atoms with E-state index in [1.807, 2.05) is 49.4 Å². The number of H-pyrrole nitrogens is 1. The molecular weight excluding hydrogens is 424 g/mol. The third-order valence-electron chi connectivity index (χ3n) is 5.53. The summed E-state index contributed by atoms with van der Waals surface area (Å²) in [5.74, 6) is -0.304. The molecule has 7 heteroatoms. The van der Waals surface area contributed by atoms with Gasteiger partial charge in [0.15, 0.2) is 0 Å². The van der Waals surface area contributed by atoms with E-state index in [9.17, 15) is 9.59 Å². The number of rotatable bonds is 3. The number of nitrogens with one attached hydrogen (secondary N) is 1. The predicted octanol–water partition coefficient (Wildman–Crippen LogP) is 5.09. The van der Waals surface area contributed by atoms with Gasteiger partial charge in [-0.3, -0.25) is 14.7 Å². The van der Waals surface area contributed by atoms with Gasteiger partial charge in [0.1, 0.15) is 0 Å². The van der Waals surface area contributed by atoms with Crippen LogP contribution in [0.5, 0.6) is 0 Å². The van der Waals surface area contributed by atoms with E-state index in [0.29, 0.717) is 33.3 Å². The molecule has 0 atom stereocenters. The number of carbonyl (C=O) groups is 1. The number of amides is 1. The maximum absolute atomic E-state index is 13.3. The minimum Gasteiger partial charge on any atom is -0.295 e. The number of anilines is 1. The lowest BCUT2D eigenvalue weighted by Crippen LogP contribution is -2.22. The number of aryl methyl sites for hydroxylation is 1. The Morgan fingerprint density at radius 2 is 1.72 bits per heavy atom. The summed E-state index contributed by atoms with van der Waals surface area (Å²) in [6.45, 7) is 3.57. The van der Waals surface area contributed by atoms with Crippen LogP contribution >= 0.6 is 11.6 Å². The molecule has 158 valence electrons. The van der Waals surface area contributed by atoms with Crippen LogP contribution in [0.1, 0.15) is 18.2 Å². The zero-order chi connectivity index (χ0) is 22.4. The highest BCUT2D eigenvalue weighted by Crippen LogP contribution is 2.27. The van der Waals surface area contributed by atoms with Crippen molar-refractivity contribution in [2.75, 3.05) is 5.01 Å². The van der Waals surface area contributed by atoms with Crippen LogP contribution in [-0.2, 0) is 4.79 Å². The van der Waals surface area contributed by atoms with Gasteiger partial charge in [-0.1, -0.05) is 54.1 Å². The first kappa shape index (κ1) is 20.0. The first-order valence-corrected chi connectivity index (χ1v) is 10.5. The van der Waals surface area contributed by atoms with Crippen LogP contribution in [0.3, 0.4) is 0 Å². The molecule has 0 radical (unpaired) electrons. The molecule has 6 nitrogen and oxygen atoms in total. The van der Waals surface area contributed by atoms with Crippen LogP contribution in [0, 0.1) is 6.92 Å². The van der Waals surface area contributed by atoms with Crippen molar-refractivity contribution >= 4 is 45.8 Å². The average molecular weight is 443 g/mol. The van der Waals surface area contributed by atoms with Gasteiger partial charge in [-0.05, 0) is 49.6 Å². The minimum absolute atomic E-state index is 0.229. The quantitative estimate of drug-likeness (QED) is 0.449. The van der Waals surface area contributed by atoms with E-state index in [2.05, 4.69) is 10.2 Å². The Labute approximate surface area is 189 Å². The lowest BCUT2D eigenvalue weighted by atomic mass is 10.1. The molecule has 1 aliphatic heterocycles. The van der Waals surface area contributed by atoms with E-state index in [1.165, 1.54) is 9.69 Å². The number of halogens is 1. The number of nitrogens with zero attached hydrogens (tertiary/aromatic N) is 3. The number of benzene rings is 3. The highest BCUT2D eigenvalue weighted by molar-refractivity contribution is 6.33. The Balaban J connectivity index is 1.59. The van der Waals surface area contributed by atoms with Crippen molar-refractivity contribution in [3.63, 3.8) is 0 Å². The highest BCUT2D eigenvalue weighted by Gasteiger charge is 2.29. The van der Waals surface area contributed by atoms with Gasteiger partial charge in [0.05, 0.1) is 28.2 Å². The van der Waals surface area contributed by atoms with Gasteiger partial charge in [-0.2, -0.15) is 10.1 Å². The van der Waals surface area contributed by atoms with Crippen LogP contribution in [-0.4, -0.2) is 21.4 Å². The zero-order valence-corrected chi connectivity index (χ0v) is 18.2. The molecule has 0 saturated heterocycles. The maximum atomic E-state index is 13.3. The van der Waals surface area contributed by atoms with Gasteiger partial charge in [0.25, 0.3) is 11.5 Å². The largest absolute Gasteiger partial charge is 0.295 e. The molecular formula is C25H19ClN4O2. The Bertz CT molecular complexity index is 1500. The van der Waals surface area contributed by atoms with E-state index >= 15 is 0 Å². The Hall–Kier alpha value is -3.90. The maximum Gasteiger partial charge on any atom is 0.280 e. The second-order valence-corrected chi connectivity index (χ2v) is 8.07. The van der Waals surface area contributed by atoms with E-state index in [4.69, 9.17) is 11.6 Å². The highest BCUT2D eigenvalue weighted by atomic mass is 35.5. The van der Waals surface area contributed by atoms with Gasteiger partial charge in [-0.25, -0.2) is 4.68 Å². The molecule has 4 aromatic rings. The van der Waals surface area contributed by atoms with Crippen LogP contribution in [0.4, 0.5) is 5.69 Å². The number of carbonyl (C=O) groups excluding carboxylic acids is 1. The van der Waals surface area contributed by atoms with Crippen LogP contribution in [0.25, 0.3) is 22.5 Å². The minimum atomic E-state index is -0.304. The van der Waals surface area contributed by atoms with Gasteiger partial charge in [0.2, 0.25) is 0 Å². The third kappa shape index (κ3) is 3.25. The van der Waals surface area contributed by atoms with Crippen molar-refractivity contribution in [3.05, 3.63) is 98.9 Å². The molecule has 32 heavy (non-hydrogen) atoms. The summed E-state index contributed by atoms with van der Waals surface area (Å²) >= 11 is 6.07. The molecule has 1 N–H and O–H groups in total. The van der Waals surface area contributed by atoms with Gasteiger partial charge >= 0.3 is 0 Å². The fraction of sp³-hybridized carbons (Fsp3) is 0.0800. The van der Waals surface area contributed by atoms with E-state index < -0.39 is 0 Å². The lowest BCUT2D eigenvalue weighted by molar-refractivity contribution is -0.114. The Kier molecular flexibility index (Phi) is 4.79. The third-order valence-corrected chi connectivity index (χ3v) is 5.76. The number of fused-ring (bicyclic) bond motifs is 1. The second-order valence-electron chi connectivity index (χ2n) is 7.63. The van der Waals surface area contributed by atoms with Crippen molar-refractivity contribution in [1.29, 1.82) is 0 Å². The molecule has 0 spiro atoms.